The Bertz CT molecular complexity index is 542. The van der Waals surface area contributed by atoms with Gasteiger partial charge in [0.25, 0.3) is 5.91 Å². The molecule has 0 atom stereocenters. The predicted octanol–water partition coefficient (Wildman–Crippen LogP) is 7.45. The van der Waals surface area contributed by atoms with Crippen molar-refractivity contribution >= 4 is 5.91 Å². The number of rotatable bonds is 4. The molecule has 4 nitrogen and oxygen atoms in total. The van der Waals surface area contributed by atoms with Crippen LogP contribution in [0.2, 0.25) is 0 Å². The zero-order valence-electron chi connectivity index (χ0n) is 20.6. The average molecular weight is 444 g/mol. The molecule has 0 spiro atoms. The van der Waals surface area contributed by atoms with Crippen LogP contribution >= 0.6 is 0 Å². The number of hydrogen-bond acceptors (Lipinski definition) is 3. The van der Waals surface area contributed by atoms with Crippen molar-refractivity contribution in [2.45, 2.75) is 153 Å². The molecule has 0 bridgehead atoms. The smallest absolute Gasteiger partial charge is 0.263 e. The van der Waals surface area contributed by atoms with Crippen LogP contribution in [0.1, 0.15) is 141 Å². The second-order valence-electron chi connectivity index (χ2n) is 10.2. The summed E-state index contributed by atoms with van der Waals surface area (Å²) in [7, 11) is 0. The molecule has 4 heteroatoms. The van der Waals surface area contributed by atoms with Crippen molar-refractivity contribution in [3.8, 4) is 6.07 Å². The highest BCUT2D eigenvalue weighted by Gasteiger charge is 2.17. The summed E-state index contributed by atoms with van der Waals surface area (Å²) in [5, 5.41) is 16.3. The number of nitriles is 1. The molecule has 2 N–H and O–H groups in total. The van der Waals surface area contributed by atoms with Gasteiger partial charge in [-0.1, -0.05) is 116 Å². The highest BCUT2D eigenvalue weighted by atomic mass is 16.1. The van der Waals surface area contributed by atoms with Gasteiger partial charge in [-0.15, -0.1) is 0 Å². The Labute approximate surface area is 198 Å². The van der Waals surface area contributed by atoms with Gasteiger partial charge in [0.2, 0.25) is 0 Å². The molecule has 2 fully saturated rings. The van der Waals surface area contributed by atoms with Gasteiger partial charge in [-0.05, 0) is 25.7 Å². The van der Waals surface area contributed by atoms with Crippen LogP contribution in [0.5, 0.6) is 0 Å². The van der Waals surface area contributed by atoms with Crippen LogP contribution < -0.4 is 10.6 Å². The number of nitrogens with zero attached hydrogens (tertiary/aromatic N) is 1. The molecule has 2 aliphatic carbocycles. The van der Waals surface area contributed by atoms with Crippen LogP contribution in [0.15, 0.2) is 11.8 Å². The van der Waals surface area contributed by atoms with Gasteiger partial charge in [-0.25, -0.2) is 0 Å². The first-order valence-corrected chi connectivity index (χ1v) is 14.0. The zero-order chi connectivity index (χ0) is 22.7. The fourth-order valence-corrected chi connectivity index (χ4v) is 5.25. The second kappa shape index (κ2) is 18.0. The van der Waals surface area contributed by atoms with Crippen molar-refractivity contribution in [2.75, 3.05) is 0 Å². The van der Waals surface area contributed by atoms with Crippen molar-refractivity contribution in [3.05, 3.63) is 11.8 Å². The van der Waals surface area contributed by atoms with Crippen molar-refractivity contribution in [1.29, 1.82) is 5.26 Å². The normalized spacial score (nSPS) is 22.8. The summed E-state index contributed by atoms with van der Waals surface area (Å²) in [4.78, 5) is 12.9. The molecule has 2 saturated carbocycles. The first-order valence-electron chi connectivity index (χ1n) is 14.0. The number of amides is 1. The first kappa shape index (κ1) is 26.7. The number of carbonyl (C=O) groups is 1. The van der Waals surface area contributed by atoms with E-state index in [0.717, 1.165) is 25.7 Å². The SMILES string of the molecule is N#C/C(=C/NC1CCCCCCCCCCC1)C(=O)NC1CCCCCCCCCCC1. The lowest BCUT2D eigenvalue weighted by Gasteiger charge is -2.20. The topological polar surface area (TPSA) is 64.9 Å². The van der Waals surface area contributed by atoms with E-state index >= 15 is 0 Å². The van der Waals surface area contributed by atoms with Crippen molar-refractivity contribution in [1.82, 2.24) is 10.6 Å². The molecule has 2 aliphatic rings. The van der Waals surface area contributed by atoms with Crippen molar-refractivity contribution in [3.63, 3.8) is 0 Å². The van der Waals surface area contributed by atoms with Gasteiger partial charge in [0, 0.05) is 18.3 Å². The number of nitrogens with one attached hydrogen (secondary N) is 2. The Balaban J connectivity index is 1.85. The Hall–Kier alpha value is -1.50. The molecule has 32 heavy (non-hydrogen) atoms. The van der Waals surface area contributed by atoms with Gasteiger partial charge in [0.1, 0.15) is 11.6 Å². The minimum atomic E-state index is -0.190. The maximum atomic E-state index is 12.9. The molecule has 182 valence electrons. The van der Waals surface area contributed by atoms with E-state index in [-0.39, 0.29) is 17.5 Å². The third kappa shape index (κ3) is 12.5. The molecule has 0 aromatic rings. The minimum absolute atomic E-state index is 0.190. The summed E-state index contributed by atoms with van der Waals surface area (Å²) in [6, 6.07) is 2.74. The van der Waals surface area contributed by atoms with E-state index in [2.05, 4.69) is 16.7 Å². The fraction of sp³-hybridized carbons (Fsp3) is 0.857. The van der Waals surface area contributed by atoms with Gasteiger partial charge in [0.15, 0.2) is 0 Å². The lowest BCUT2D eigenvalue weighted by Crippen LogP contribution is -2.36. The summed E-state index contributed by atoms with van der Waals surface area (Å²) in [6.45, 7) is 0. The Kier molecular flexibility index (Phi) is 15.0. The maximum absolute atomic E-state index is 12.9. The Morgan fingerprint density at radius 1 is 0.594 bits per heavy atom. The maximum Gasteiger partial charge on any atom is 0.263 e. The average Bonchev–Trinajstić information content (AvgIpc) is 2.77. The molecule has 2 rings (SSSR count). The summed E-state index contributed by atoms with van der Waals surface area (Å²) in [5.41, 5.74) is 0.238. The van der Waals surface area contributed by atoms with Crippen LogP contribution in [0.3, 0.4) is 0 Å². The van der Waals surface area contributed by atoms with E-state index in [1.54, 1.807) is 6.20 Å². The van der Waals surface area contributed by atoms with E-state index in [4.69, 9.17) is 0 Å². The molecule has 1 amide bonds. The van der Waals surface area contributed by atoms with E-state index in [1.807, 2.05) is 0 Å². The van der Waals surface area contributed by atoms with Gasteiger partial charge in [-0.3, -0.25) is 4.79 Å². The van der Waals surface area contributed by atoms with E-state index in [9.17, 15) is 10.1 Å². The Morgan fingerprint density at radius 2 is 0.938 bits per heavy atom. The third-order valence-electron chi connectivity index (χ3n) is 7.37. The van der Waals surface area contributed by atoms with Crippen molar-refractivity contribution < 1.29 is 4.79 Å². The predicted molar refractivity (Wildman–Crippen MR) is 134 cm³/mol. The van der Waals surface area contributed by atoms with E-state index < -0.39 is 0 Å². The first-order chi connectivity index (χ1) is 15.8. The Morgan fingerprint density at radius 3 is 1.31 bits per heavy atom. The molecule has 0 radical (unpaired) electrons. The molecule has 0 aromatic heterocycles. The molecule has 0 aromatic carbocycles. The summed E-state index contributed by atoms with van der Waals surface area (Å²) < 4.78 is 0. The van der Waals surface area contributed by atoms with Crippen LogP contribution in [-0.2, 0) is 4.79 Å². The van der Waals surface area contributed by atoms with Gasteiger partial charge in [-0.2, -0.15) is 5.26 Å². The largest absolute Gasteiger partial charge is 0.387 e. The zero-order valence-corrected chi connectivity index (χ0v) is 20.6. The molecule has 0 aliphatic heterocycles. The number of hydrogen-bond donors (Lipinski definition) is 2. The van der Waals surface area contributed by atoms with Gasteiger partial charge in [0.05, 0.1) is 0 Å². The molecular weight excluding hydrogens is 394 g/mol. The van der Waals surface area contributed by atoms with Gasteiger partial charge >= 0.3 is 0 Å². The minimum Gasteiger partial charge on any atom is -0.387 e. The lowest BCUT2D eigenvalue weighted by atomic mass is 9.97. The quantitative estimate of drug-likeness (QED) is 0.350. The third-order valence-corrected chi connectivity index (χ3v) is 7.37. The summed E-state index contributed by atoms with van der Waals surface area (Å²) >= 11 is 0. The van der Waals surface area contributed by atoms with Crippen LogP contribution in [0.4, 0.5) is 0 Å². The number of carbonyl (C=O) groups excluding carboxylic acids is 1. The highest BCUT2D eigenvalue weighted by molar-refractivity contribution is 5.97. The second-order valence-corrected chi connectivity index (χ2v) is 10.2. The van der Waals surface area contributed by atoms with Gasteiger partial charge < -0.3 is 10.6 Å². The van der Waals surface area contributed by atoms with E-state index in [1.165, 1.54) is 116 Å². The molecule has 0 saturated heterocycles. The van der Waals surface area contributed by atoms with Crippen LogP contribution in [-0.4, -0.2) is 18.0 Å². The molecule has 0 unspecified atom stereocenters. The van der Waals surface area contributed by atoms with Crippen LogP contribution in [0, 0.1) is 11.3 Å². The van der Waals surface area contributed by atoms with E-state index in [0.29, 0.717) is 6.04 Å². The lowest BCUT2D eigenvalue weighted by molar-refractivity contribution is -0.117. The molecule has 0 heterocycles. The molecular formula is C28H49N3O. The monoisotopic (exact) mass is 443 g/mol. The summed E-state index contributed by atoms with van der Waals surface area (Å²) in [6.07, 6.45) is 29.6. The van der Waals surface area contributed by atoms with Crippen molar-refractivity contribution in [2.24, 2.45) is 0 Å². The standard InChI is InChI=1S/C28H49N3O/c29-23-25(24-30-26-19-15-11-7-3-1-4-8-12-16-20-26)28(32)31-27-21-17-13-9-5-2-6-10-14-18-22-27/h24,26-27,30H,1-22H2,(H,31,32)/b25-24-. The summed E-state index contributed by atoms with van der Waals surface area (Å²) in [5.74, 6) is -0.190. The van der Waals surface area contributed by atoms with Crippen LogP contribution in [0.25, 0.3) is 0 Å². The fourth-order valence-electron chi connectivity index (χ4n) is 5.25. The highest BCUT2D eigenvalue weighted by Crippen LogP contribution is 2.18.